The lowest BCUT2D eigenvalue weighted by Crippen LogP contribution is -2.13. The maximum absolute atomic E-state index is 12.5. The van der Waals surface area contributed by atoms with Crippen molar-refractivity contribution in [3.05, 3.63) is 94.5 Å². The first-order valence-electron chi connectivity index (χ1n) is 9.59. The molecule has 3 rings (SSSR count). The summed E-state index contributed by atoms with van der Waals surface area (Å²) in [7, 11) is -3.43. The van der Waals surface area contributed by atoms with Crippen molar-refractivity contribution in [1.29, 1.82) is 0 Å². The smallest absolute Gasteiger partial charge is 0.255 e. The summed E-state index contributed by atoms with van der Waals surface area (Å²) >= 11 is 6.26. The number of benzene rings is 3. The average molecular weight is 469 g/mol. The molecule has 0 bridgehead atoms. The molecule has 0 saturated heterocycles. The second-order valence-electron chi connectivity index (χ2n) is 7.13. The first-order chi connectivity index (χ1) is 15.1. The number of anilines is 2. The van der Waals surface area contributed by atoms with Crippen LogP contribution in [0.1, 0.15) is 21.5 Å². The molecule has 2 amide bonds. The quantitative estimate of drug-likeness (QED) is 0.500. The van der Waals surface area contributed by atoms with E-state index < -0.39 is 15.7 Å². The highest BCUT2D eigenvalue weighted by atomic mass is 35.5. The van der Waals surface area contributed by atoms with Crippen molar-refractivity contribution in [3.63, 3.8) is 0 Å². The second kappa shape index (κ2) is 9.80. The van der Waals surface area contributed by atoms with E-state index in [0.717, 1.165) is 17.4 Å². The summed E-state index contributed by atoms with van der Waals surface area (Å²) in [4.78, 5) is 24.8. The number of carbonyl (C=O) groups is 2. The Morgan fingerprint density at radius 3 is 2.38 bits per heavy atom. The normalized spacial score (nSPS) is 11.3. The molecule has 0 aliphatic heterocycles. The highest BCUT2D eigenvalue weighted by Crippen LogP contribution is 2.26. The van der Waals surface area contributed by atoms with E-state index in [1.54, 1.807) is 18.2 Å². The highest BCUT2D eigenvalue weighted by molar-refractivity contribution is 7.90. The van der Waals surface area contributed by atoms with Gasteiger partial charge in [0.05, 0.1) is 15.6 Å². The average Bonchev–Trinajstić information content (AvgIpc) is 2.74. The lowest BCUT2D eigenvalue weighted by Gasteiger charge is -2.10. The molecule has 3 aromatic rings. The molecule has 0 aromatic heterocycles. The zero-order valence-electron chi connectivity index (χ0n) is 17.4. The predicted octanol–water partition coefficient (Wildman–Crippen LogP) is 4.96. The fourth-order valence-corrected chi connectivity index (χ4v) is 3.77. The molecule has 0 heterocycles. The Morgan fingerprint density at radius 2 is 1.69 bits per heavy atom. The topological polar surface area (TPSA) is 92.3 Å². The van der Waals surface area contributed by atoms with Crippen LogP contribution >= 0.6 is 11.6 Å². The van der Waals surface area contributed by atoms with Crippen LogP contribution in [0.4, 0.5) is 11.4 Å². The fourth-order valence-electron chi connectivity index (χ4n) is 2.88. The van der Waals surface area contributed by atoms with Crippen molar-refractivity contribution >= 4 is 50.7 Å². The molecule has 3 aromatic carbocycles. The minimum atomic E-state index is -3.43. The molecule has 8 heteroatoms. The van der Waals surface area contributed by atoms with E-state index in [1.165, 1.54) is 36.4 Å². The molecule has 0 radical (unpaired) electrons. The highest BCUT2D eigenvalue weighted by Gasteiger charge is 2.13. The Kier molecular flexibility index (Phi) is 7.12. The third kappa shape index (κ3) is 6.06. The first-order valence-corrected chi connectivity index (χ1v) is 11.9. The molecule has 0 atom stereocenters. The first kappa shape index (κ1) is 23.2. The van der Waals surface area contributed by atoms with Crippen LogP contribution in [0.2, 0.25) is 5.02 Å². The van der Waals surface area contributed by atoms with Gasteiger partial charge in [0.2, 0.25) is 5.91 Å². The Bertz CT molecular complexity index is 1320. The van der Waals surface area contributed by atoms with Crippen LogP contribution in [-0.2, 0) is 14.6 Å². The molecule has 6 nitrogen and oxygen atoms in total. The van der Waals surface area contributed by atoms with Gasteiger partial charge >= 0.3 is 0 Å². The van der Waals surface area contributed by atoms with E-state index in [9.17, 15) is 18.0 Å². The molecule has 164 valence electrons. The molecule has 32 heavy (non-hydrogen) atoms. The van der Waals surface area contributed by atoms with Crippen LogP contribution in [0.25, 0.3) is 6.08 Å². The molecular weight excluding hydrogens is 448 g/mol. The summed E-state index contributed by atoms with van der Waals surface area (Å²) in [5.41, 5.74) is 2.98. The van der Waals surface area contributed by atoms with Gasteiger partial charge in [-0.15, -0.1) is 0 Å². The van der Waals surface area contributed by atoms with Gasteiger partial charge in [-0.3, -0.25) is 9.59 Å². The monoisotopic (exact) mass is 468 g/mol. The zero-order valence-corrected chi connectivity index (χ0v) is 19.0. The Hall–Kier alpha value is -3.42. The van der Waals surface area contributed by atoms with E-state index in [4.69, 9.17) is 11.6 Å². The van der Waals surface area contributed by atoms with Gasteiger partial charge in [-0.1, -0.05) is 41.9 Å². The Morgan fingerprint density at radius 1 is 0.938 bits per heavy atom. The van der Waals surface area contributed by atoms with Gasteiger partial charge in [0.25, 0.3) is 5.91 Å². The maximum Gasteiger partial charge on any atom is 0.255 e. The van der Waals surface area contributed by atoms with Gasteiger partial charge in [-0.25, -0.2) is 8.42 Å². The fraction of sp³-hybridized carbons (Fsp3) is 0.0833. The molecule has 0 saturated carbocycles. The van der Waals surface area contributed by atoms with E-state index >= 15 is 0 Å². The van der Waals surface area contributed by atoms with Gasteiger partial charge in [0.15, 0.2) is 9.84 Å². The summed E-state index contributed by atoms with van der Waals surface area (Å²) in [6.45, 7) is 1.96. The summed E-state index contributed by atoms with van der Waals surface area (Å²) < 4.78 is 23.4. The van der Waals surface area contributed by atoms with Gasteiger partial charge in [-0.2, -0.15) is 0 Å². The maximum atomic E-state index is 12.5. The molecular formula is C24H21ClN2O4S. The van der Waals surface area contributed by atoms with Crippen molar-refractivity contribution in [2.45, 2.75) is 11.8 Å². The zero-order chi connectivity index (χ0) is 23.3. The van der Waals surface area contributed by atoms with Crippen molar-refractivity contribution in [3.8, 4) is 0 Å². The number of hydrogen-bond donors (Lipinski definition) is 2. The standard InChI is InChI=1S/C24H21ClN2O4S/c1-16-6-3-4-7-17(16)10-13-23(28)26-19-11-12-22(21(25)15-19)27-24(29)18-8-5-9-20(14-18)32(2,30)31/h3-15H,1-2H3,(H,26,28)(H,27,29)/b13-10+. The molecule has 0 aliphatic carbocycles. The van der Waals surface area contributed by atoms with Crippen LogP contribution in [0.3, 0.4) is 0 Å². The minimum absolute atomic E-state index is 0.0491. The number of hydrogen-bond acceptors (Lipinski definition) is 4. The van der Waals surface area contributed by atoms with Crippen LogP contribution in [0.15, 0.2) is 77.7 Å². The van der Waals surface area contributed by atoms with Gasteiger partial charge in [-0.05, 0) is 60.5 Å². The van der Waals surface area contributed by atoms with Crippen LogP contribution in [-0.4, -0.2) is 26.5 Å². The van der Waals surface area contributed by atoms with E-state index in [1.807, 2.05) is 31.2 Å². The van der Waals surface area contributed by atoms with Crippen molar-refractivity contribution < 1.29 is 18.0 Å². The molecule has 0 aliphatic rings. The van der Waals surface area contributed by atoms with Crippen LogP contribution in [0, 0.1) is 6.92 Å². The third-order valence-electron chi connectivity index (χ3n) is 4.61. The summed E-state index contributed by atoms with van der Waals surface area (Å²) in [6, 6.07) is 18.1. The second-order valence-corrected chi connectivity index (χ2v) is 9.55. The van der Waals surface area contributed by atoms with Crippen molar-refractivity contribution in [1.82, 2.24) is 0 Å². The lowest BCUT2D eigenvalue weighted by atomic mass is 10.1. The number of rotatable bonds is 6. The minimum Gasteiger partial charge on any atom is -0.322 e. The number of halogens is 1. The van der Waals surface area contributed by atoms with Gasteiger partial charge in [0.1, 0.15) is 0 Å². The Balaban J connectivity index is 1.68. The van der Waals surface area contributed by atoms with Crippen molar-refractivity contribution in [2.24, 2.45) is 0 Å². The number of nitrogens with one attached hydrogen (secondary N) is 2. The van der Waals surface area contributed by atoms with E-state index in [2.05, 4.69) is 10.6 Å². The Labute approximate surface area is 191 Å². The number of amides is 2. The number of sulfone groups is 1. The predicted molar refractivity (Wildman–Crippen MR) is 128 cm³/mol. The molecule has 0 unspecified atom stereocenters. The summed E-state index contributed by atoms with van der Waals surface area (Å²) in [5, 5.41) is 5.59. The van der Waals surface area contributed by atoms with Crippen LogP contribution in [0.5, 0.6) is 0 Å². The molecule has 0 fully saturated rings. The SMILES string of the molecule is Cc1ccccc1/C=C/C(=O)Nc1ccc(NC(=O)c2cccc(S(C)(=O)=O)c2)c(Cl)c1. The van der Waals surface area contributed by atoms with Crippen molar-refractivity contribution in [2.75, 3.05) is 16.9 Å². The summed E-state index contributed by atoms with van der Waals surface area (Å²) in [5.74, 6) is -0.825. The third-order valence-corrected chi connectivity index (χ3v) is 6.03. The number of aryl methyl sites for hydroxylation is 1. The summed E-state index contributed by atoms with van der Waals surface area (Å²) in [6.07, 6.45) is 4.23. The van der Waals surface area contributed by atoms with Crippen LogP contribution < -0.4 is 10.6 Å². The largest absolute Gasteiger partial charge is 0.322 e. The number of carbonyl (C=O) groups excluding carboxylic acids is 2. The van der Waals surface area contributed by atoms with E-state index in [0.29, 0.717) is 11.4 Å². The molecule has 2 N–H and O–H groups in total. The van der Waals surface area contributed by atoms with Gasteiger partial charge < -0.3 is 10.6 Å². The van der Waals surface area contributed by atoms with E-state index in [-0.39, 0.29) is 21.4 Å². The molecule has 0 spiro atoms. The lowest BCUT2D eigenvalue weighted by molar-refractivity contribution is -0.111. The van der Waals surface area contributed by atoms with Gasteiger partial charge in [0, 0.05) is 23.6 Å².